The van der Waals surface area contributed by atoms with Crippen LogP contribution in [0.2, 0.25) is 0 Å². The lowest BCUT2D eigenvalue weighted by molar-refractivity contribution is 0.654. The summed E-state index contributed by atoms with van der Waals surface area (Å²) >= 11 is 0. The van der Waals surface area contributed by atoms with Gasteiger partial charge < -0.3 is 0 Å². The van der Waals surface area contributed by atoms with Crippen molar-refractivity contribution in [1.82, 2.24) is 0 Å². The summed E-state index contributed by atoms with van der Waals surface area (Å²) in [5.41, 5.74) is 1.43. The van der Waals surface area contributed by atoms with Crippen molar-refractivity contribution in [2.45, 2.75) is 47.0 Å². The molecule has 0 amide bonds. The molecule has 0 fully saturated rings. The van der Waals surface area contributed by atoms with E-state index in [1.165, 1.54) is 18.4 Å². The first-order chi connectivity index (χ1) is 5.66. The maximum absolute atomic E-state index is 2.32. The van der Waals surface area contributed by atoms with Crippen molar-refractivity contribution < 1.29 is 0 Å². The Kier molecular flexibility index (Phi) is 6.84. The molecule has 1 atom stereocenters. The Morgan fingerprint density at radius 3 is 2.50 bits per heavy atom. The zero-order valence-corrected chi connectivity index (χ0v) is 8.93. The molecule has 0 aliphatic rings. The van der Waals surface area contributed by atoms with Gasteiger partial charge in [-0.2, -0.15) is 0 Å². The van der Waals surface area contributed by atoms with Crippen molar-refractivity contribution in [3.63, 3.8) is 0 Å². The summed E-state index contributed by atoms with van der Waals surface area (Å²) in [5.74, 6) is 0.737. The zero-order chi connectivity index (χ0) is 9.40. The third kappa shape index (κ3) is 7.59. The van der Waals surface area contributed by atoms with Crippen LogP contribution in [-0.4, -0.2) is 0 Å². The minimum absolute atomic E-state index is 0.737. The predicted molar refractivity (Wildman–Crippen MR) is 57.3 cm³/mol. The molecule has 0 nitrogen and oxygen atoms in total. The Hall–Kier alpha value is -0.520. The molecule has 0 heterocycles. The molecule has 0 bridgehead atoms. The molecular formula is C12H22. The van der Waals surface area contributed by atoms with Gasteiger partial charge in [0.05, 0.1) is 0 Å². The molecule has 0 aromatic heterocycles. The number of allylic oxidation sites excluding steroid dienone is 4. The molecule has 0 saturated heterocycles. The maximum atomic E-state index is 2.32. The molecule has 0 aromatic rings. The van der Waals surface area contributed by atoms with E-state index < -0.39 is 0 Å². The Morgan fingerprint density at radius 2 is 2.00 bits per heavy atom. The first kappa shape index (κ1) is 11.5. The molecule has 0 saturated carbocycles. The third-order valence-electron chi connectivity index (χ3n) is 1.87. The molecule has 70 valence electrons. The van der Waals surface area contributed by atoms with Crippen molar-refractivity contribution >= 4 is 0 Å². The van der Waals surface area contributed by atoms with E-state index in [4.69, 9.17) is 0 Å². The SMILES string of the molecule is CC/C=C/C(C)CCC=C(C)C. The second-order valence-electron chi connectivity index (χ2n) is 3.67. The first-order valence-electron chi connectivity index (χ1n) is 4.96. The van der Waals surface area contributed by atoms with Gasteiger partial charge in [0.1, 0.15) is 0 Å². The fraction of sp³-hybridized carbons (Fsp3) is 0.667. The van der Waals surface area contributed by atoms with E-state index in [-0.39, 0.29) is 0 Å². The summed E-state index contributed by atoms with van der Waals surface area (Å²) in [4.78, 5) is 0. The third-order valence-corrected chi connectivity index (χ3v) is 1.87. The molecule has 0 radical (unpaired) electrons. The van der Waals surface area contributed by atoms with Crippen molar-refractivity contribution in [3.8, 4) is 0 Å². The molecule has 0 N–H and O–H groups in total. The number of hydrogen-bond donors (Lipinski definition) is 0. The number of rotatable bonds is 5. The quantitative estimate of drug-likeness (QED) is 0.533. The van der Waals surface area contributed by atoms with Crippen molar-refractivity contribution in [2.24, 2.45) is 5.92 Å². The Bertz CT molecular complexity index is 147. The average Bonchev–Trinajstić information content (AvgIpc) is 2.00. The van der Waals surface area contributed by atoms with E-state index in [0.717, 1.165) is 12.3 Å². The molecule has 0 aliphatic carbocycles. The fourth-order valence-corrected chi connectivity index (χ4v) is 1.10. The summed E-state index contributed by atoms with van der Waals surface area (Å²) in [5, 5.41) is 0. The Labute approximate surface area is 77.4 Å². The summed E-state index contributed by atoms with van der Waals surface area (Å²) < 4.78 is 0. The van der Waals surface area contributed by atoms with Gasteiger partial charge in [0.25, 0.3) is 0 Å². The van der Waals surface area contributed by atoms with Gasteiger partial charge in [-0.15, -0.1) is 0 Å². The molecule has 0 spiro atoms. The van der Waals surface area contributed by atoms with Gasteiger partial charge in [-0.3, -0.25) is 0 Å². The normalized spacial score (nSPS) is 13.3. The Morgan fingerprint density at radius 1 is 1.33 bits per heavy atom. The highest BCUT2D eigenvalue weighted by Gasteiger charge is 1.93. The molecule has 1 unspecified atom stereocenters. The van der Waals surface area contributed by atoms with E-state index in [2.05, 4.69) is 45.9 Å². The van der Waals surface area contributed by atoms with Crippen LogP contribution in [0.15, 0.2) is 23.8 Å². The molecule has 0 aliphatic heterocycles. The van der Waals surface area contributed by atoms with E-state index in [1.54, 1.807) is 0 Å². The van der Waals surface area contributed by atoms with Crippen molar-refractivity contribution in [2.75, 3.05) is 0 Å². The minimum Gasteiger partial charge on any atom is -0.0885 e. The second kappa shape index (κ2) is 7.15. The van der Waals surface area contributed by atoms with Crippen LogP contribution in [0.4, 0.5) is 0 Å². The Balaban J connectivity index is 3.50. The lowest BCUT2D eigenvalue weighted by atomic mass is 10.0. The highest BCUT2D eigenvalue weighted by atomic mass is 14.0. The highest BCUT2D eigenvalue weighted by molar-refractivity contribution is 4.94. The first-order valence-corrected chi connectivity index (χ1v) is 4.96. The van der Waals surface area contributed by atoms with Crippen LogP contribution >= 0.6 is 0 Å². The lowest BCUT2D eigenvalue weighted by Gasteiger charge is -2.02. The standard InChI is InChI=1S/C12H22/c1-5-6-9-12(4)10-7-8-11(2)3/h6,8-9,12H,5,7,10H2,1-4H3/b9-6+. The largest absolute Gasteiger partial charge is 0.0885 e. The molecule has 0 heteroatoms. The summed E-state index contributed by atoms with van der Waals surface area (Å²) in [6.07, 6.45) is 10.6. The van der Waals surface area contributed by atoms with Gasteiger partial charge in [0.2, 0.25) is 0 Å². The van der Waals surface area contributed by atoms with Crippen molar-refractivity contribution in [3.05, 3.63) is 23.8 Å². The van der Waals surface area contributed by atoms with Crippen LogP contribution in [-0.2, 0) is 0 Å². The van der Waals surface area contributed by atoms with Crippen LogP contribution in [0.3, 0.4) is 0 Å². The summed E-state index contributed by atoms with van der Waals surface area (Å²) in [6.45, 7) is 8.78. The van der Waals surface area contributed by atoms with Crippen LogP contribution in [0.1, 0.15) is 47.0 Å². The lowest BCUT2D eigenvalue weighted by Crippen LogP contribution is -1.87. The fourth-order valence-electron chi connectivity index (χ4n) is 1.10. The smallest absolute Gasteiger partial charge is 0.0259 e. The van der Waals surface area contributed by atoms with Gasteiger partial charge in [0, 0.05) is 0 Å². The molecule has 0 rings (SSSR count). The van der Waals surface area contributed by atoms with Crippen LogP contribution < -0.4 is 0 Å². The van der Waals surface area contributed by atoms with Gasteiger partial charge in [-0.1, -0.05) is 37.6 Å². The van der Waals surface area contributed by atoms with Gasteiger partial charge in [-0.25, -0.2) is 0 Å². The molecular weight excluding hydrogens is 144 g/mol. The zero-order valence-electron chi connectivity index (χ0n) is 8.93. The predicted octanol–water partition coefficient (Wildman–Crippen LogP) is 4.34. The van der Waals surface area contributed by atoms with Gasteiger partial charge in [0.15, 0.2) is 0 Å². The second-order valence-corrected chi connectivity index (χ2v) is 3.67. The molecule has 0 aromatic carbocycles. The summed E-state index contributed by atoms with van der Waals surface area (Å²) in [6, 6.07) is 0. The van der Waals surface area contributed by atoms with E-state index in [9.17, 15) is 0 Å². The highest BCUT2D eigenvalue weighted by Crippen LogP contribution is 2.09. The monoisotopic (exact) mass is 166 g/mol. The van der Waals surface area contributed by atoms with Gasteiger partial charge >= 0.3 is 0 Å². The molecule has 12 heavy (non-hydrogen) atoms. The van der Waals surface area contributed by atoms with Crippen LogP contribution in [0.5, 0.6) is 0 Å². The minimum atomic E-state index is 0.737. The number of hydrogen-bond acceptors (Lipinski definition) is 0. The van der Waals surface area contributed by atoms with Crippen LogP contribution in [0.25, 0.3) is 0 Å². The van der Waals surface area contributed by atoms with Crippen molar-refractivity contribution in [1.29, 1.82) is 0 Å². The van der Waals surface area contributed by atoms with E-state index in [1.807, 2.05) is 0 Å². The summed E-state index contributed by atoms with van der Waals surface area (Å²) in [7, 11) is 0. The maximum Gasteiger partial charge on any atom is -0.0259 e. The van der Waals surface area contributed by atoms with Gasteiger partial charge in [-0.05, 0) is 39.0 Å². The topological polar surface area (TPSA) is 0 Å². The van der Waals surface area contributed by atoms with Crippen LogP contribution in [0, 0.1) is 5.92 Å². The average molecular weight is 166 g/mol. The van der Waals surface area contributed by atoms with E-state index >= 15 is 0 Å². The van der Waals surface area contributed by atoms with E-state index in [0.29, 0.717) is 0 Å².